The lowest BCUT2D eigenvalue weighted by atomic mass is 9.94. The monoisotopic (exact) mass is 766 g/mol. The van der Waals surface area contributed by atoms with Crippen molar-refractivity contribution >= 4 is 55.6 Å². The van der Waals surface area contributed by atoms with Gasteiger partial charge in [-0.05, 0) is 12.3 Å². The third kappa shape index (κ3) is 5.77. The molecule has 2 saturated heterocycles. The van der Waals surface area contributed by atoms with Crippen molar-refractivity contribution < 1.29 is 51.3 Å². The minimum atomic E-state index is -4.96. The normalized spacial score (nSPS) is 37.7. The lowest BCUT2D eigenvalue weighted by molar-refractivity contribution is -0.118. The van der Waals surface area contributed by atoms with Crippen LogP contribution in [0.3, 0.4) is 0 Å². The van der Waals surface area contributed by atoms with E-state index in [1.807, 2.05) is 6.92 Å². The summed E-state index contributed by atoms with van der Waals surface area (Å²) < 4.78 is 65.1. The molecule has 52 heavy (non-hydrogen) atoms. The van der Waals surface area contributed by atoms with Crippen molar-refractivity contribution in [2.75, 3.05) is 31.4 Å². The number of carbonyl (C=O) groups is 1. The molecule has 4 aromatic heterocycles. The summed E-state index contributed by atoms with van der Waals surface area (Å²) in [5.74, 6) is -1.57. The van der Waals surface area contributed by atoms with Crippen LogP contribution < -0.4 is 16.6 Å². The van der Waals surface area contributed by atoms with Crippen molar-refractivity contribution in [1.29, 1.82) is 0 Å². The molecule has 6 heterocycles. The summed E-state index contributed by atoms with van der Waals surface area (Å²) in [4.78, 5) is 71.2. The molecule has 3 unspecified atom stereocenters. The van der Waals surface area contributed by atoms with Crippen molar-refractivity contribution in [3.8, 4) is 0 Å². The molecule has 0 radical (unpaired) electrons. The van der Waals surface area contributed by atoms with Gasteiger partial charge < -0.3 is 29.6 Å². The molecule has 1 amide bonds. The Labute approximate surface area is 293 Å². The van der Waals surface area contributed by atoms with Gasteiger partial charge in [0.25, 0.3) is 5.56 Å². The van der Waals surface area contributed by atoms with Gasteiger partial charge in [0.15, 0.2) is 28.9 Å². The number of rotatable bonds is 5. The van der Waals surface area contributed by atoms with Crippen LogP contribution in [0, 0.1) is 23.2 Å². The number of nitrogens with zero attached hydrogens (tertiary/aromatic N) is 7. The Kier molecular flexibility index (Phi) is 8.46. The number of anilines is 2. The maximum absolute atomic E-state index is 13.8. The second-order valence-corrected chi connectivity index (χ2v) is 16.5. The van der Waals surface area contributed by atoms with Gasteiger partial charge in [0.1, 0.15) is 30.2 Å². The fraction of sp³-hybridized carbons (Fsp3) is 0.607. The summed E-state index contributed by atoms with van der Waals surface area (Å²) >= 11 is 0. The van der Waals surface area contributed by atoms with Crippen LogP contribution in [0.5, 0.6) is 0 Å². The predicted molar refractivity (Wildman–Crippen MR) is 176 cm³/mol. The number of phosphoric acid groups is 2. The summed E-state index contributed by atoms with van der Waals surface area (Å²) in [7, 11) is -8.52. The average Bonchev–Trinajstić information content (AvgIpc) is 3.37. The Balaban J connectivity index is 1.13. The second-order valence-electron chi connectivity index (χ2n) is 13.7. The van der Waals surface area contributed by atoms with Crippen LogP contribution in [0.4, 0.5) is 11.8 Å². The highest BCUT2D eigenvalue weighted by Crippen LogP contribution is 2.73. The standard InChI is InChI=1S/C28H36N10O12P2/c1-11(2)24(39)35-27-34-23-16(25(40)36-27)33-10-38(23)26-19-18(45-4)14(48-26)6-46-51(41,42)50-20-12(3)17(13-5-28(13,20)7-47-52(43,44)49-19)37-9-32-15-21(29)30-8-31-22(15)37/h8-14,17-20,26H,5-7H2,1-4H3,(H,41,42)(H,43,44)(H2,29,30,31)(H2,34,35,36,39,40)/t12-,13+,14+,17-,18+,19+,20-,26+,28?/m0/s1. The zero-order valence-corrected chi connectivity index (χ0v) is 29.9. The number of imidazole rings is 2. The number of aromatic amines is 1. The van der Waals surface area contributed by atoms with Crippen LogP contribution in [0.2, 0.25) is 0 Å². The first-order valence-electron chi connectivity index (χ1n) is 16.3. The number of amides is 1. The molecule has 4 aliphatic rings. The van der Waals surface area contributed by atoms with Gasteiger partial charge in [0.05, 0.1) is 32.0 Å². The lowest BCUT2D eigenvalue weighted by Crippen LogP contribution is -2.37. The van der Waals surface area contributed by atoms with Gasteiger partial charge >= 0.3 is 15.6 Å². The molecule has 6 N–H and O–H groups in total. The Bertz CT molecular complexity index is 2230. The molecule has 2 aliphatic carbocycles. The zero-order chi connectivity index (χ0) is 36.9. The number of nitrogen functional groups attached to an aromatic ring is 1. The molecule has 22 nitrogen and oxygen atoms in total. The van der Waals surface area contributed by atoms with Gasteiger partial charge in [-0.25, -0.2) is 29.1 Å². The molecule has 1 spiro atoms. The summed E-state index contributed by atoms with van der Waals surface area (Å²) in [6.45, 7) is 4.15. The number of ether oxygens (including phenoxy) is 2. The van der Waals surface area contributed by atoms with Gasteiger partial charge in [0.2, 0.25) is 11.9 Å². The maximum Gasteiger partial charge on any atom is 0.472 e. The molecule has 0 aromatic carbocycles. The van der Waals surface area contributed by atoms with Crippen molar-refractivity contribution in [2.45, 2.75) is 63.9 Å². The van der Waals surface area contributed by atoms with Crippen LogP contribution in [0.25, 0.3) is 22.3 Å². The quantitative estimate of drug-likeness (QED) is 0.179. The summed E-state index contributed by atoms with van der Waals surface area (Å²) in [6, 6.07) is -0.387. The Morgan fingerprint density at radius 3 is 2.58 bits per heavy atom. The largest absolute Gasteiger partial charge is 0.472 e. The SMILES string of the molecule is CO[C@H]1[C@H]2OP(=O)(O)OCC34C[C@@H]3[C@@H](n3cnc5c(N)ncnc53)[C@H](C)[C@@H]4OP(=O)(O)OC[C@H]1O[C@H]2n1cnc2c(=O)[nH]c(NC(=O)C(C)C)nc21. The molecule has 2 saturated carbocycles. The van der Waals surface area contributed by atoms with E-state index in [0.717, 1.165) is 0 Å². The van der Waals surface area contributed by atoms with Crippen LogP contribution in [-0.4, -0.2) is 99.5 Å². The fourth-order valence-electron chi connectivity index (χ4n) is 7.82. The number of carbonyl (C=O) groups excluding carboxylic acids is 1. The van der Waals surface area contributed by atoms with Crippen LogP contribution >= 0.6 is 15.6 Å². The highest BCUT2D eigenvalue weighted by Gasteiger charge is 2.73. The molecule has 11 atom stereocenters. The first-order valence-corrected chi connectivity index (χ1v) is 19.3. The smallest absolute Gasteiger partial charge is 0.382 e. The molecule has 280 valence electrons. The maximum atomic E-state index is 13.8. The van der Waals surface area contributed by atoms with E-state index in [-0.39, 0.29) is 34.9 Å². The van der Waals surface area contributed by atoms with Gasteiger partial charge in [-0.3, -0.25) is 42.6 Å². The third-order valence-corrected chi connectivity index (χ3v) is 12.2. The van der Waals surface area contributed by atoms with E-state index in [4.69, 9.17) is 33.3 Å². The number of methoxy groups -OCH3 is 1. The van der Waals surface area contributed by atoms with E-state index in [9.17, 15) is 28.5 Å². The fourth-order valence-corrected chi connectivity index (χ4v) is 9.90. The molecular weight excluding hydrogens is 730 g/mol. The number of hydrogen-bond acceptors (Lipinski definition) is 16. The van der Waals surface area contributed by atoms with E-state index in [1.54, 1.807) is 24.7 Å². The van der Waals surface area contributed by atoms with Gasteiger partial charge in [-0.1, -0.05) is 20.8 Å². The molecular formula is C28H36N10O12P2. The molecule has 8 rings (SSSR count). The van der Waals surface area contributed by atoms with Crippen LogP contribution in [0.1, 0.15) is 39.5 Å². The zero-order valence-electron chi connectivity index (χ0n) is 28.1. The predicted octanol–water partition coefficient (Wildman–Crippen LogP) is 1.26. The number of aromatic nitrogens is 8. The second kappa shape index (κ2) is 12.4. The van der Waals surface area contributed by atoms with Crippen LogP contribution in [-0.2, 0) is 41.5 Å². The first kappa shape index (κ1) is 35.3. The van der Waals surface area contributed by atoms with E-state index in [2.05, 4.69) is 35.2 Å². The first-order chi connectivity index (χ1) is 24.6. The number of fused-ring (bicyclic) bond motifs is 4. The van der Waals surface area contributed by atoms with Gasteiger partial charge in [0, 0.05) is 30.4 Å². The van der Waals surface area contributed by atoms with E-state index in [1.165, 1.54) is 24.3 Å². The molecule has 24 heteroatoms. The molecule has 2 aliphatic heterocycles. The minimum Gasteiger partial charge on any atom is -0.382 e. The van der Waals surface area contributed by atoms with Crippen LogP contribution in [0.15, 0.2) is 23.8 Å². The summed E-state index contributed by atoms with van der Waals surface area (Å²) in [5.41, 5.74) is 4.94. The highest BCUT2D eigenvalue weighted by molar-refractivity contribution is 7.47. The van der Waals surface area contributed by atoms with Crippen molar-refractivity contribution in [1.82, 2.24) is 39.0 Å². The topological polar surface area (TPSA) is 292 Å². The van der Waals surface area contributed by atoms with E-state index >= 15 is 0 Å². The Hall–Kier alpha value is -3.69. The highest BCUT2D eigenvalue weighted by atomic mass is 31.2. The number of phosphoric ester groups is 2. The minimum absolute atomic E-state index is 0.0728. The third-order valence-electron chi connectivity index (χ3n) is 10.3. The molecule has 4 fully saturated rings. The Morgan fingerprint density at radius 2 is 1.83 bits per heavy atom. The summed E-state index contributed by atoms with van der Waals surface area (Å²) in [5, 5.41) is 2.52. The van der Waals surface area contributed by atoms with Gasteiger partial charge in [-0.2, -0.15) is 4.98 Å². The lowest BCUT2D eigenvalue weighted by Gasteiger charge is -2.31. The number of H-pyrrole nitrogens is 1. The summed E-state index contributed by atoms with van der Waals surface area (Å²) in [6.07, 6.45) is -1.71. The number of nitrogens with two attached hydrogens (primary N) is 1. The van der Waals surface area contributed by atoms with Crippen molar-refractivity contribution in [3.05, 3.63) is 29.3 Å². The average molecular weight is 767 g/mol. The Morgan fingerprint density at radius 1 is 1.10 bits per heavy atom. The van der Waals surface area contributed by atoms with Crippen molar-refractivity contribution in [3.63, 3.8) is 0 Å². The molecule has 4 aromatic rings. The number of hydrogen-bond donors (Lipinski definition) is 5. The number of nitrogens with one attached hydrogen (secondary N) is 2. The molecule has 2 bridgehead atoms. The van der Waals surface area contributed by atoms with E-state index < -0.39 is 88.2 Å². The van der Waals surface area contributed by atoms with Gasteiger partial charge in [-0.15, -0.1) is 0 Å². The van der Waals surface area contributed by atoms with E-state index in [0.29, 0.717) is 17.6 Å². The van der Waals surface area contributed by atoms with Crippen molar-refractivity contribution in [2.24, 2.45) is 23.2 Å².